The van der Waals surface area contributed by atoms with Gasteiger partial charge >= 0.3 is 0 Å². The third-order valence-electron chi connectivity index (χ3n) is 2.91. The lowest BCUT2D eigenvalue weighted by molar-refractivity contribution is 0.102. The molecular formula is C15H14BrNO3S. The molecule has 0 bridgehead atoms. The third-order valence-corrected chi connectivity index (χ3v) is 4.69. The topological polar surface area (TPSA) is 63.2 Å². The summed E-state index contributed by atoms with van der Waals surface area (Å²) in [5.74, 6) is -0.233. The van der Waals surface area contributed by atoms with Crippen molar-refractivity contribution in [3.63, 3.8) is 0 Å². The molecule has 0 spiro atoms. The average molecular weight is 368 g/mol. The SMILES string of the molecule is CS(=O)(=O)c1ccc(NC(=O)c2ccc(CBr)cc2)cc1. The molecule has 0 fully saturated rings. The van der Waals surface area contributed by atoms with E-state index in [0.29, 0.717) is 11.3 Å². The molecule has 0 aliphatic rings. The fourth-order valence-corrected chi connectivity index (χ4v) is 2.74. The Labute approximate surface area is 132 Å². The summed E-state index contributed by atoms with van der Waals surface area (Å²) in [4.78, 5) is 12.3. The summed E-state index contributed by atoms with van der Waals surface area (Å²) >= 11 is 3.35. The highest BCUT2D eigenvalue weighted by atomic mass is 79.9. The second-order valence-electron chi connectivity index (χ2n) is 4.58. The lowest BCUT2D eigenvalue weighted by Crippen LogP contribution is -2.11. The van der Waals surface area contributed by atoms with Gasteiger partial charge in [-0.2, -0.15) is 0 Å². The Balaban J connectivity index is 2.12. The van der Waals surface area contributed by atoms with E-state index in [1.807, 2.05) is 12.1 Å². The van der Waals surface area contributed by atoms with E-state index in [1.54, 1.807) is 24.3 Å². The van der Waals surface area contributed by atoms with Crippen molar-refractivity contribution in [2.24, 2.45) is 0 Å². The minimum Gasteiger partial charge on any atom is -0.322 e. The first-order valence-electron chi connectivity index (χ1n) is 6.16. The van der Waals surface area contributed by atoms with Crippen LogP contribution in [0.4, 0.5) is 5.69 Å². The number of benzene rings is 2. The van der Waals surface area contributed by atoms with Gasteiger partial charge in [0.2, 0.25) is 0 Å². The molecule has 0 atom stereocenters. The van der Waals surface area contributed by atoms with E-state index in [2.05, 4.69) is 21.2 Å². The zero-order valence-electron chi connectivity index (χ0n) is 11.3. The van der Waals surface area contributed by atoms with E-state index in [-0.39, 0.29) is 10.8 Å². The molecular weight excluding hydrogens is 354 g/mol. The van der Waals surface area contributed by atoms with E-state index >= 15 is 0 Å². The summed E-state index contributed by atoms with van der Waals surface area (Å²) in [5.41, 5.74) is 2.19. The first kappa shape index (κ1) is 15.7. The van der Waals surface area contributed by atoms with Gasteiger partial charge in [-0.05, 0) is 42.0 Å². The number of sulfone groups is 1. The molecule has 0 aliphatic heterocycles. The van der Waals surface area contributed by atoms with Crippen LogP contribution >= 0.6 is 15.9 Å². The molecule has 21 heavy (non-hydrogen) atoms. The van der Waals surface area contributed by atoms with E-state index in [0.717, 1.165) is 17.1 Å². The van der Waals surface area contributed by atoms with Crippen LogP contribution in [0.1, 0.15) is 15.9 Å². The van der Waals surface area contributed by atoms with Crippen LogP contribution in [0.3, 0.4) is 0 Å². The van der Waals surface area contributed by atoms with Gasteiger partial charge in [-0.3, -0.25) is 4.79 Å². The molecule has 4 nitrogen and oxygen atoms in total. The maximum atomic E-state index is 12.1. The predicted molar refractivity (Wildman–Crippen MR) is 86.6 cm³/mol. The Kier molecular flexibility index (Phi) is 4.80. The number of hydrogen-bond acceptors (Lipinski definition) is 3. The molecule has 110 valence electrons. The molecule has 2 aromatic rings. The van der Waals surface area contributed by atoms with Crippen LogP contribution in [0.25, 0.3) is 0 Å². The first-order valence-corrected chi connectivity index (χ1v) is 9.18. The van der Waals surface area contributed by atoms with Gasteiger partial charge < -0.3 is 5.32 Å². The molecule has 0 radical (unpaired) electrons. The maximum Gasteiger partial charge on any atom is 0.255 e. The van der Waals surface area contributed by atoms with Crippen molar-refractivity contribution in [2.75, 3.05) is 11.6 Å². The van der Waals surface area contributed by atoms with Crippen LogP contribution in [-0.4, -0.2) is 20.6 Å². The standard InChI is InChI=1S/C15H14BrNO3S/c1-21(19,20)14-8-6-13(7-9-14)17-15(18)12-4-2-11(10-16)3-5-12/h2-9H,10H2,1H3,(H,17,18). The molecule has 1 N–H and O–H groups in total. The Morgan fingerprint density at radius 1 is 1.05 bits per heavy atom. The summed E-state index contributed by atoms with van der Waals surface area (Å²) in [6.45, 7) is 0. The second-order valence-corrected chi connectivity index (χ2v) is 7.16. The summed E-state index contributed by atoms with van der Waals surface area (Å²) in [5, 5.41) is 3.47. The van der Waals surface area contributed by atoms with Gasteiger partial charge in [0.1, 0.15) is 0 Å². The lowest BCUT2D eigenvalue weighted by atomic mass is 10.1. The van der Waals surface area contributed by atoms with Crippen molar-refractivity contribution in [1.82, 2.24) is 0 Å². The number of amides is 1. The van der Waals surface area contributed by atoms with Crippen LogP contribution in [0.2, 0.25) is 0 Å². The number of carbonyl (C=O) groups is 1. The highest BCUT2D eigenvalue weighted by Crippen LogP contribution is 2.15. The second kappa shape index (κ2) is 6.41. The fraction of sp³-hybridized carbons (Fsp3) is 0.133. The third kappa shape index (κ3) is 4.15. The lowest BCUT2D eigenvalue weighted by Gasteiger charge is -2.06. The van der Waals surface area contributed by atoms with Crippen LogP contribution in [-0.2, 0) is 15.2 Å². The van der Waals surface area contributed by atoms with Gasteiger partial charge in [-0.1, -0.05) is 28.1 Å². The van der Waals surface area contributed by atoms with Crippen LogP contribution in [0.15, 0.2) is 53.4 Å². The first-order chi connectivity index (χ1) is 9.90. The van der Waals surface area contributed by atoms with E-state index in [1.165, 1.54) is 12.1 Å². The van der Waals surface area contributed by atoms with Gasteiger partial charge in [0.25, 0.3) is 5.91 Å². The van der Waals surface area contributed by atoms with Crippen molar-refractivity contribution < 1.29 is 13.2 Å². The zero-order chi connectivity index (χ0) is 15.5. The Bertz CT molecular complexity index is 737. The Morgan fingerprint density at radius 2 is 1.62 bits per heavy atom. The number of rotatable bonds is 4. The van der Waals surface area contributed by atoms with Crippen molar-refractivity contribution in [1.29, 1.82) is 0 Å². The van der Waals surface area contributed by atoms with Crippen molar-refractivity contribution in [2.45, 2.75) is 10.2 Å². The fourth-order valence-electron chi connectivity index (χ4n) is 1.73. The minimum atomic E-state index is -3.23. The monoisotopic (exact) mass is 367 g/mol. The number of nitrogens with one attached hydrogen (secondary N) is 1. The van der Waals surface area contributed by atoms with Crippen LogP contribution < -0.4 is 5.32 Å². The highest BCUT2D eigenvalue weighted by molar-refractivity contribution is 9.08. The molecule has 1 amide bonds. The van der Waals surface area contributed by atoms with Gasteiger partial charge in [-0.15, -0.1) is 0 Å². The van der Waals surface area contributed by atoms with E-state index in [4.69, 9.17) is 0 Å². The highest BCUT2D eigenvalue weighted by Gasteiger charge is 2.09. The van der Waals surface area contributed by atoms with E-state index < -0.39 is 9.84 Å². The summed E-state index contributed by atoms with van der Waals surface area (Å²) in [6.07, 6.45) is 1.14. The van der Waals surface area contributed by atoms with Crippen LogP contribution in [0, 0.1) is 0 Å². The molecule has 0 aliphatic carbocycles. The number of hydrogen-bond donors (Lipinski definition) is 1. The quantitative estimate of drug-likeness (QED) is 0.843. The zero-order valence-corrected chi connectivity index (χ0v) is 13.7. The van der Waals surface area contributed by atoms with Gasteiger partial charge in [0, 0.05) is 22.8 Å². The largest absolute Gasteiger partial charge is 0.322 e. The van der Waals surface area contributed by atoms with E-state index in [9.17, 15) is 13.2 Å². The molecule has 2 aromatic carbocycles. The number of anilines is 1. The van der Waals surface area contributed by atoms with Crippen molar-refractivity contribution in [3.05, 3.63) is 59.7 Å². The van der Waals surface area contributed by atoms with Crippen molar-refractivity contribution in [3.8, 4) is 0 Å². The summed E-state index contributed by atoms with van der Waals surface area (Å²) in [6, 6.07) is 13.3. The molecule has 0 saturated carbocycles. The predicted octanol–water partition coefficient (Wildman–Crippen LogP) is 3.24. The number of carbonyl (C=O) groups excluding carboxylic acids is 1. The molecule has 0 aromatic heterocycles. The van der Waals surface area contributed by atoms with Gasteiger partial charge in [0.05, 0.1) is 4.90 Å². The molecule has 2 rings (SSSR count). The Hall–Kier alpha value is -1.66. The number of halogens is 1. The summed E-state index contributed by atoms with van der Waals surface area (Å²) < 4.78 is 22.7. The Morgan fingerprint density at radius 3 is 2.10 bits per heavy atom. The van der Waals surface area contributed by atoms with Crippen molar-refractivity contribution >= 4 is 37.4 Å². The smallest absolute Gasteiger partial charge is 0.255 e. The number of alkyl halides is 1. The molecule has 6 heteroatoms. The normalized spacial score (nSPS) is 11.1. The molecule has 0 heterocycles. The molecule has 0 saturated heterocycles. The molecule has 0 unspecified atom stereocenters. The van der Waals surface area contributed by atoms with Gasteiger partial charge in [0.15, 0.2) is 9.84 Å². The summed E-state index contributed by atoms with van der Waals surface area (Å²) in [7, 11) is -3.23. The maximum absolute atomic E-state index is 12.1. The van der Waals surface area contributed by atoms with Gasteiger partial charge in [-0.25, -0.2) is 8.42 Å². The average Bonchev–Trinajstić information content (AvgIpc) is 2.47. The van der Waals surface area contributed by atoms with Crippen LogP contribution in [0.5, 0.6) is 0 Å². The minimum absolute atomic E-state index is 0.224.